The largest absolute Gasteiger partial charge is 0.406 e. The third-order valence-electron chi connectivity index (χ3n) is 1.07. The molecule has 0 unspecified atom stereocenters. The minimum Gasteiger partial charge on any atom is -0.406 e. The van der Waals surface area contributed by atoms with E-state index >= 15 is 0 Å². The highest BCUT2D eigenvalue weighted by Crippen LogP contribution is 2.15. The molecule has 58 valence electrons. The lowest BCUT2D eigenvalue weighted by Crippen LogP contribution is -1.85. The summed E-state index contributed by atoms with van der Waals surface area (Å²) in [6.45, 7) is 3.81. The van der Waals surface area contributed by atoms with Crippen molar-refractivity contribution in [1.29, 1.82) is 0 Å². The van der Waals surface area contributed by atoms with E-state index < -0.39 is 0 Å². The van der Waals surface area contributed by atoms with Crippen LogP contribution in [0.5, 0.6) is 0 Å². The van der Waals surface area contributed by atoms with Crippen LogP contribution in [0.4, 0.5) is 6.01 Å². The number of hydrogen-bond donors (Lipinski definition) is 0. The molecule has 1 heterocycles. The molecule has 0 fully saturated rings. The Hall–Kier alpha value is -1.48. The molecule has 11 heavy (non-hydrogen) atoms. The number of carbonyl (C=O) groups excluding carboxylic acids is 1. The predicted molar refractivity (Wildman–Crippen MR) is 36.2 cm³/mol. The number of hydrogen-bond acceptors (Lipinski definition) is 5. The lowest BCUT2D eigenvalue weighted by molar-refractivity contribution is 0.477. The number of aromatic nitrogens is 2. The van der Waals surface area contributed by atoms with Crippen molar-refractivity contribution in [2.75, 3.05) is 0 Å². The van der Waals surface area contributed by atoms with E-state index in [0.717, 1.165) is 0 Å². The molecule has 0 amide bonds. The normalized spacial score (nSPS) is 9.73. The lowest BCUT2D eigenvalue weighted by atomic mass is 10.2. The van der Waals surface area contributed by atoms with Crippen molar-refractivity contribution in [1.82, 2.24) is 10.2 Å². The Morgan fingerprint density at radius 2 is 2.27 bits per heavy atom. The summed E-state index contributed by atoms with van der Waals surface area (Å²) in [4.78, 5) is 12.9. The summed E-state index contributed by atoms with van der Waals surface area (Å²) >= 11 is 0. The lowest BCUT2D eigenvalue weighted by Gasteiger charge is -1.91. The number of nitrogens with zero attached hydrogens (tertiary/aromatic N) is 3. The van der Waals surface area contributed by atoms with Crippen LogP contribution in [0.1, 0.15) is 25.7 Å². The van der Waals surface area contributed by atoms with E-state index in [0.29, 0.717) is 5.89 Å². The molecule has 1 aromatic heterocycles. The fourth-order valence-electron chi connectivity index (χ4n) is 0.544. The maximum Gasteiger partial charge on any atom is 0.353 e. The zero-order valence-electron chi connectivity index (χ0n) is 6.24. The van der Waals surface area contributed by atoms with Crippen LogP contribution < -0.4 is 0 Å². The molecule has 0 aliphatic rings. The minimum atomic E-state index is -0.0382. The van der Waals surface area contributed by atoms with E-state index in [1.54, 1.807) is 0 Å². The second kappa shape index (κ2) is 3.07. The van der Waals surface area contributed by atoms with Gasteiger partial charge < -0.3 is 4.42 Å². The smallest absolute Gasteiger partial charge is 0.353 e. The van der Waals surface area contributed by atoms with E-state index in [9.17, 15) is 4.79 Å². The van der Waals surface area contributed by atoms with Crippen molar-refractivity contribution in [3.8, 4) is 0 Å². The highest BCUT2D eigenvalue weighted by Gasteiger charge is 2.07. The molecule has 5 heteroatoms. The molecule has 5 nitrogen and oxygen atoms in total. The SMILES string of the molecule is CC(C)c1nnc(N=C=O)o1. The van der Waals surface area contributed by atoms with E-state index in [1.807, 2.05) is 13.8 Å². The second-order valence-corrected chi connectivity index (χ2v) is 2.28. The van der Waals surface area contributed by atoms with Crippen LogP contribution >= 0.6 is 0 Å². The number of aliphatic imine (C=N–C) groups is 1. The zero-order valence-corrected chi connectivity index (χ0v) is 6.24. The fraction of sp³-hybridized carbons (Fsp3) is 0.500. The van der Waals surface area contributed by atoms with Crippen molar-refractivity contribution >= 4 is 12.1 Å². The Labute approximate surface area is 63.2 Å². The van der Waals surface area contributed by atoms with Crippen molar-refractivity contribution in [2.24, 2.45) is 4.99 Å². The molecular formula is C6H7N3O2. The Kier molecular flexibility index (Phi) is 2.13. The summed E-state index contributed by atoms with van der Waals surface area (Å²) in [6, 6.07) is -0.0382. The van der Waals surface area contributed by atoms with E-state index in [1.165, 1.54) is 6.08 Å². The van der Waals surface area contributed by atoms with Gasteiger partial charge in [0.25, 0.3) is 0 Å². The third-order valence-corrected chi connectivity index (χ3v) is 1.07. The molecule has 0 saturated carbocycles. The number of rotatable bonds is 2. The molecule has 1 aromatic rings. The highest BCUT2D eigenvalue weighted by atomic mass is 16.4. The van der Waals surface area contributed by atoms with Gasteiger partial charge in [0.2, 0.25) is 12.0 Å². The molecule has 1 rings (SSSR count). The predicted octanol–water partition coefficient (Wildman–Crippen LogP) is 1.16. The van der Waals surface area contributed by atoms with Crippen LogP contribution in [0, 0.1) is 0 Å². The molecule has 0 saturated heterocycles. The van der Waals surface area contributed by atoms with Crippen molar-refractivity contribution < 1.29 is 9.21 Å². The average molecular weight is 153 g/mol. The van der Waals surface area contributed by atoms with Crippen LogP contribution in [0.3, 0.4) is 0 Å². The summed E-state index contributed by atoms with van der Waals surface area (Å²) in [5.74, 6) is 0.622. The van der Waals surface area contributed by atoms with E-state index in [-0.39, 0.29) is 11.9 Å². The zero-order chi connectivity index (χ0) is 8.27. The summed E-state index contributed by atoms with van der Waals surface area (Å²) in [5, 5.41) is 7.13. The average Bonchev–Trinajstić information content (AvgIpc) is 2.37. The summed E-state index contributed by atoms with van der Waals surface area (Å²) in [7, 11) is 0. The molecule has 0 N–H and O–H groups in total. The topological polar surface area (TPSA) is 68.3 Å². The highest BCUT2D eigenvalue weighted by molar-refractivity contribution is 5.39. The van der Waals surface area contributed by atoms with Gasteiger partial charge in [0, 0.05) is 5.92 Å². The molecule has 0 atom stereocenters. The quantitative estimate of drug-likeness (QED) is 0.472. The van der Waals surface area contributed by atoms with Gasteiger partial charge in [-0.3, -0.25) is 0 Å². The van der Waals surface area contributed by atoms with Gasteiger partial charge in [0.05, 0.1) is 0 Å². The van der Waals surface area contributed by atoms with Gasteiger partial charge in [-0.2, -0.15) is 0 Å². The van der Waals surface area contributed by atoms with Crippen molar-refractivity contribution in [3.63, 3.8) is 0 Å². The molecule has 0 aromatic carbocycles. The second-order valence-electron chi connectivity index (χ2n) is 2.28. The Bertz CT molecular complexity index is 286. The molecule has 0 bridgehead atoms. The van der Waals surface area contributed by atoms with Crippen LogP contribution in [-0.2, 0) is 4.79 Å². The van der Waals surface area contributed by atoms with Gasteiger partial charge >= 0.3 is 6.01 Å². The van der Waals surface area contributed by atoms with Gasteiger partial charge in [0.15, 0.2) is 0 Å². The molecule has 0 spiro atoms. The van der Waals surface area contributed by atoms with Crippen LogP contribution in [-0.4, -0.2) is 16.3 Å². The minimum absolute atomic E-state index is 0.0382. The van der Waals surface area contributed by atoms with Crippen molar-refractivity contribution in [2.45, 2.75) is 19.8 Å². The maximum atomic E-state index is 9.73. The first-order chi connectivity index (χ1) is 5.24. The fourth-order valence-corrected chi connectivity index (χ4v) is 0.544. The summed E-state index contributed by atoms with van der Waals surface area (Å²) in [6.07, 6.45) is 1.31. The third kappa shape index (κ3) is 1.72. The molecular weight excluding hydrogens is 146 g/mol. The number of isocyanates is 1. The standard InChI is InChI=1S/C6H7N3O2/c1-4(2)5-8-9-6(11-5)7-3-10/h4H,1-2H3. The van der Waals surface area contributed by atoms with Crippen LogP contribution in [0.15, 0.2) is 9.41 Å². The monoisotopic (exact) mass is 153 g/mol. The summed E-state index contributed by atoms with van der Waals surface area (Å²) < 4.78 is 4.93. The van der Waals surface area contributed by atoms with Crippen LogP contribution in [0.25, 0.3) is 0 Å². The van der Waals surface area contributed by atoms with E-state index in [4.69, 9.17) is 4.42 Å². The Morgan fingerprint density at radius 1 is 1.55 bits per heavy atom. The molecule has 0 aliphatic heterocycles. The van der Waals surface area contributed by atoms with Gasteiger partial charge in [-0.25, -0.2) is 4.79 Å². The molecule has 0 aliphatic carbocycles. The first-order valence-corrected chi connectivity index (χ1v) is 3.15. The van der Waals surface area contributed by atoms with E-state index in [2.05, 4.69) is 15.2 Å². The summed E-state index contributed by atoms with van der Waals surface area (Å²) in [5.41, 5.74) is 0. The van der Waals surface area contributed by atoms with Gasteiger partial charge in [-0.05, 0) is 0 Å². The van der Waals surface area contributed by atoms with Gasteiger partial charge in [0.1, 0.15) is 0 Å². The molecule has 0 radical (unpaired) electrons. The maximum absolute atomic E-state index is 9.73. The first-order valence-electron chi connectivity index (χ1n) is 3.15. The van der Waals surface area contributed by atoms with Gasteiger partial charge in [-0.1, -0.05) is 18.9 Å². The van der Waals surface area contributed by atoms with Crippen molar-refractivity contribution in [3.05, 3.63) is 5.89 Å². The Morgan fingerprint density at radius 3 is 2.73 bits per heavy atom. The van der Waals surface area contributed by atoms with Gasteiger partial charge in [-0.15, -0.1) is 10.1 Å². The first kappa shape index (κ1) is 7.63. The van der Waals surface area contributed by atoms with Crippen LogP contribution in [0.2, 0.25) is 0 Å². The Balaban J connectivity index is 2.90.